The molecule has 3 rings (SSSR count). The SMILES string of the molecule is Brc1ccc(Sc2nc(Br)cn3ccnc23)cc1. The Morgan fingerprint density at radius 3 is 2.67 bits per heavy atom. The molecule has 0 radical (unpaired) electrons. The molecule has 3 aromatic rings. The number of rotatable bonds is 2. The first-order chi connectivity index (χ1) is 8.72. The lowest BCUT2D eigenvalue weighted by Gasteiger charge is -2.04. The van der Waals surface area contributed by atoms with Gasteiger partial charge in [0.05, 0.1) is 0 Å². The number of benzene rings is 1. The lowest BCUT2D eigenvalue weighted by Crippen LogP contribution is -1.91. The van der Waals surface area contributed by atoms with Gasteiger partial charge in [0.1, 0.15) is 9.63 Å². The minimum Gasteiger partial charge on any atom is -0.302 e. The zero-order chi connectivity index (χ0) is 12.5. The average Bonchev–Trinajstić information content (AvgIpc) is 2.80. The van der Waals surface area contributed by atoms with E-state index < -0.39 is 0 Å². The molecule has 18 heavy (non-hydrogen) atoms. The summed E-state index contributed by atoms with van der Waals surface area (Å²) < 4.78 is 3.82. The Kier molecular flexibility index (Phi) is 3.41. The second-order valence-electron chi connectivity index (χ2n) is 3.58. The molecule has 90 valence electrons. The van der Waals surface area contributed by atoms with Crippen LogP contribution in [-0.2, 0) is 0 Å². The minimum absolute atomic E-state index is 0.799. The summed E-state index contributed by atoms with van der Waals surface area (Å²) in [7, 11) is 0. The highest BCUT2D eigenvalue weighted by Crippen LogP contribution is 2.30. The number of hydrogen-bond donors (Lipinski definition) is 0. The van der Waals surface area contributed by atoms with Gasteiger partial charge < -0.3 is 4.40 Å². The molecule has 0 N–H and O–H groups in total. The van der Waals surface area contributed by atoms with Crippen molar-refractivity contribution in [2.24, 2.45) is 0 Å². The highest BCUT2D eigenvalue weighted by Gasteiger charge is 2.08. The predicted molar refractivity (Wildman–Crippen MR) is 79.0 cm³/mol. The normalized spacial score (nSPS) is 11.0. The minimum atomic E-state index is 0.799. The summed E-state index contributed by atoms with van der Waals surface area (Å²) in [6, 6.07) is 8.14. The Bertz CT molecular complexity index is 694. The summed E-state index contributed by atoms with van der Waals surface area (Å²) in [6.45, 7) is 0. The van der Waals surface area contributed by atoms with Crippen molar-refractivity contribution in [1.29, 1.82) is 0 Å². The van der Waals surface area contributed by atoms with E-state index in [0.29, 0.717) is 0 Å². The molecule has 0 aliphatic carbocycles. The van der Waals surface area contributed by atoms with Gasteiger partial charge in [0, 0.05) is 28.0 Å². The molecule has 0 saturated heterocycles. The highest BCUT2D eigenvalue weighted by molar-refractivity contribution is 9.10. The Hall–Kier alpha value is -0.850. The molecule has 0 fully saturated rings. The molecule has 1 aromatic carbocycles. The molecule has 2 heterocycles. The average molecular weight is 385 g/mol. The van der Waals surface area contributed by atoms with Crippen LogP contribution in [0.4, 0.5) is 0 Å². The second kappa shape index (κ2) is 5.03. The molecule has 0 bridgehead atoms. The van der Waals surface area contributed by atoms with E-state index in [9.17, 15) is 0 Å². The quantitative estimate of drug-likeness (QED) is 0.655. The molecule has 0 saturated carbocycles. The number of nitrogens with zero attached hydrogens (tertiary/aromatic N) is 3. The third-order valence-electron chi connectivity index (χ3n) is 2.34. The van der Waals surface area contributed by atoms with Crippen LogP contribution in [-0.4, -0.2) is 14.4 Å². The van der Waals surface area contributed by atoms with Crippen molar-refractivity contribution >= 4 is 49.3 Å². The Morgan fingerprint density at radius 1 is 1.11 bits per heavy atom. The third kappa shape index (κ3) is 2.46. The second-order valence-corrected chi connectivity index (χ2v) is 6.37. The van der Waals surface area contributed by atoms with Crippen LogP contribution >= 0.6 is 43.6 Å². The predicted octanol–water partition coefficient (Wildman–Crippen LogP) is 4.41. The summed E-state index contributed by atoms with van der Waals surface area (Å²) in [5.74, 6) is 0. The zero-order valence-corrected chi connectivity index (χ0v) is 13.0. The maximum atomic E-state index is 4.48. The summed E-state index contributed by atoms with van der Waals surface area (Å²) >= 11 is 8.44. The van der Waals surface area contributed by atoms with Gasteiger partial charge in [-0.1, -0.05) is 27.7 Å². The number of fused-ring (bicyclic) bond motifs is 1. The van der Waals surface area contributed by atoms with Crippen molar-refractivity contribution in [1.82, 2.24) is 14.4 Å². The molecule has 0 spiro atoms. The fourth-order valence-electron chi connectivity index (χ4n) is 1.56. The van der Waals surface area contributed by atoms with Gasteiger partial charge in [-0.15, -0.1) is 0 Å². The van der Waals surface area contributed by atoms with Crippen LogP contribution in [0.2, 0.25) is 0 Å². The lowest BCUT2D eigenvalue weighted by molar-refractivity contribution is 1.01. The monoisotopic (exact) mass is 383 g/mol. The van der Waals surface area contributed by atoms with Crippen LogP contribution in [0.3, 0.4) is 0 Å². The number of halogens is 2. The van der Waals surface area contributed by atoms with Crippen LogP contribution in [0.1, 0.15) is 0 Å². The van der Waals surface area contributed by atoms with Crippen LogP contribution in [0.15, 0.2) is 61.9 Å². The first kappa shape index (κ1) is 12.2. The molecular formula is C12H7Br2N3S. The highest BCUT2D eigenvalue weighted by atomic mass is 79.9. The van der Waals surface area contributed by atoms with Crippen LogP contribution in [0, 0.1) is 0 Å². The van der Waals surface area contributed by atoms with E-state index in [-0.39, 0.29) is 0 Å². The fourth-order valence-corrected chi connectivity index (χ4v) is 3.22. The van der Waals surface area contributed by atoms with Crippen molar-refractivity contribution < 1.29 is 0 Å². The Morgan fingerprint density at radius 2 is 1.89 bits per heavy atom. The first-order valence-corrected chi connectivity index (χ1v) is 7.55. The van der Waals surface area contributed by atoms with Gasteiger partial charge in [-0.3, -0.25) is 0 Å². The Labute approximate surface area is 125 Å². The number of imidazole rings is 1. The van der Waals surface area contributed by atoms with E-state index in [0.717, 1.165) is 24.6 Å². The molecule has 0 atom stereocenters. The van der Waals surface area contributed by atoms with Crippen molar-refractivity contribution in [2.45, 2.75) is 9.92 Å². The molecule has 0 aliphatic rings. The standard InChI is InChI=1S/C12H7Br2N3S/c13-8-1-3-9(4-2-8)18-12-11-15-5-6-17(11)7-10(14)16-12/h1-7H. The fraction of sp³-hybridized carbons (Fsp3) is 0. The number of aromatic nitrogens is 3. The Balaban J connectivity index is 2.03. The van der Waals surface area contributed by atoms with Crippen molar-refractivity contribution in [3.05, 3.63) is 51.9 Å². The summed E-state index contributed by atoms with van der Waals surface area (Å²) in [4.78, 5) is 9.93. The van der Waals surface area contributed by atoms with E-state index in [1.54, 1.807) is 18.0 Å². The number of hydrogen-bond acceptors (Lipinski definition) is 3. The molecule has 2 aromatic heterocycles. The largest absolute Gasteiger partial charge is 0.302 e. The van der Waals surface area contributed by atoms with Crippen LogP contribution in [0.5, 0.6) is 0 Å². The van der Waals surface area contributed by atoms with Gasteiger partial charge in [0.25, 0.3) is 0 Å². The van der Waals surface area contributed by atoms with Crippen LogP contribution < -0.4 is 0 Å². The topological polar surface area (TPSA) is 30.2 Å². The van der Waals surface area contributed by atoms with Gasteiger partial charge >= 0.3 is 0 Å². The summed E-state index contributed by atoms with van der Waals surface area (Å²) in [5, 5.41) is 0.886. The van der Waals surface area contributed by atoms with Crippen LogP contribution in [0.25, 0.3) is 5.65 Å². The van der Waals surface area contributed by atoms with Gasteiger partial charge in [-0.25, -0.2) is 9.97 Å². The van der Waals surface area contributed by atoms with Gasteiger partial charge in [-0.05, 0) is 40.2 Å². The zero-order valence-electron chi connectivity index (χ0n) is 9.05. The van der Waals surface area contributed by atoms with E-state index in [1.807, 2.05) is 28.9 Å². The molecule has 6 heteroatoms. The van der Waals surface area contributed by atoms with Crippen molar-refractivity contribution in [2.75, 3.05) is 0 Å². The smallest absolute Gasteiger partial charge is 0.170 e. The van der Waals surface area contributed by atoms with E-state index in [4.69, 9.17) is 0 Å². The van der Waals surface area contributed by atoms with Crippen molar-refractivity contribution in [3.8, 4) is 0 Å². The molecular weight excluding hydrogens is 378 g/mol. The lowest BCUT2D eigenvalue weighted by atomic mass is 10.4. The van der Waals surface area contributed by atoms with E-state index >= 15 is 0 Å². The van der Waals surface area contributed by atoms with Gasteiger partial charge in [-0.2, -0.15) is 0 Å². The van der Waals surface area contributed by atoms with E-state index in [1.165, 1.54) is 0 Å². The summed E-state index contributed by atoms with van der Waals surface area (Å²) in [5.41, 5.74) is 0.867. The molecule has 0 unspecified atom stereocenters. The molecule has 0 amide bonds. The molecule has 3 nitrogen and oxygen atoms in total. The first-order valence-electron chi connectivity index (χ1n) is 5.15. The maximum Gasteiger partial charge on any atom is 0.170 e. The van der Waals surface area contributed by atoms with Crippen molar-refractivity contribution in [3.63, 3.8) is 0 Å². The van der Waals surface area contributed by atoms with E-state index in [2.05, 4.69) is 54.0 Å². The maximum absolute atomic E-state index is 4.48. The van der Waals surface area contributed by atoms with Gasteiger partial charge in [0.2, 0.25) is 0 Å². The van der Waals surface area contributed by atoms with Gasteiger partial charge in [0.15, 0.2) is 5.65 Å². The summed E-state index contributed by atoms with van der Waals surface area (Å²) in [6.07, 6.45) is 5.58. The third-order valence-corrected chi connectivity index (χ3v) is 4.23. The molecule has 0 aliphatic heterocycles.